The van der Waals surface area contributed by atoms with E-state index in [1.54, 1.807) is 7.05 Å². The topological polar surface area (TPSA) is 41.1 Å². The molecule has 0 radical (unpaired) electrons. The van der Waals surface area contributed by atoms with Gasteiger partial charge in [-0.2, -0.15) is 0 Å². The summed E-state index contributed by atoms with van der Waals surface area (Å²) in [6.45, 7) is 7.06. The number of carbonyl (C=O) groups is 1. The molecule has 1 aromatic carbocycles. The molecule has 0 heterocycles. The highest BCUT2D eigenvalue weighted by Crippen LogP contribution is 2.08. The maximum Gasteiger partial charge on any atom is 0.236 e. The van der Waals surface area contributed by atoms with Gasteiger partial charge in [0.15, 0.2) is 0 Å². The number of likely N-dealkylation sites (N-methyl/N-ethyl adjacent to an activating group) is 1. The van der Waals surface area contributed by atoms with E-state index in [1.807, 2.05) is 6.07 Å². The molecule has 0 saturated heterocycles. The van der Waals surface area contributed by atoms with Crippen molar-refractivity contribution in [3.63, 3.8) is 0 Å². The Bertz CT molecular complexity index is 388. The average Bonchev–Trinajstić information content (AvgIpc) is 2.33. The second kappa shape index (κ2) is 7.17. The zero-order valence-electron chi connectivity index (χ0n) is 11.8. The first-order valence-electron chi connectivity index (χ1n) is 6.53. The molecule has 1 unspecified atom stereocenters. The summed E-state index contributed by atoms with van der Waals surface area (Å²) >= 11 is 0. The van der Waals surface area contributed by atoms with Gasteiger partial charge in [0, 0.05) is 13.6 Å². The minimum absolute atomic E-state index is 0.0661. The van der Waals surface area contributed by atoms with Crippen LogP contribution in [0.5, 0.6) is 0 Å². The standard InChI is InChI=1S/C15H24N2O/c1-11(2)8-14(15(18)16-4)17-10-13-7-5-6-12(3)9-13/h5-7,9,11,14,17H,8,10H2,1-4H3,(H,16,18). The van der Waals surface area contributed by atoms with E-state index in [9.17, 15) is 4.79 Å². The van der Waals surface area contributed by atoms with Crippen molar-refractivity contribution in [2.75, 3.05) is 7.05 Å². The van der Waals surface area contributed by atoms with Crippen molar-refractivity contribution in [3.05, 3.63) is 35.4 Å². The number of hydrogen-bond donors (Lipinski definition) is 2. The second-order valence-electron chi connectivity index (χ2n) is 5.17. The largest absolute Gasteiger partial charge is 0.358 e. The van der Waals surface area contributed by atoms with Gasteiger partial charge in [-0.25, -0.2) is 0 Å². The molecule has 2 N–H and O–H groups in total. The van der Waals surface area contributed by atoms with Crippen molar-refractivity contribution >= 4 is 5.91 Å². The first-order valence-corrected chi connectivity index (χ1v) is 6.53. The molecule has 0 aliphatic carbocycles. The van der Waals surface area contributed by atoms with Gasteiger partial charge in [0.25, 0.3) is 0 Å². The Hall–Kier alpha value is -1.35. The van der Waals surface area contributed by atoms with Crippen LogP contribution in [0.2, 0.25) is 0 Å². The molecule has 100 valence electrons. The molecular weight excluding hydrogens is 224 g/mol. The SMILES string of the molecule is CNC(=O)C(CC(C)C)NCc1cccc(C)c1. The Morgan fingerprint density at radius 3 is 2.61 bits per heavy atom. The van der Waals surface area contributed by atoms with E-state index in [1.165, 1.54) is 11.1 Å². The van der Waals surface area contributed by atoms with E-state index in [0.29, 0.717) is 5.92 Å². The fourth-order valence-electron chi connectivity index (χ4n) is 1.99. The molecule has 0 aromatic heterocycles. The molecule has 0 aliphatic heterocycles. The molecule has 18 heavy (non-hydrogen) atoms. The van der Waals surface area contributed by atoms with Crippen LogP contribution in [0.1, 0.15) is 31.4 Å². The summed E-state index contributed by atoms with van der Waals surface area (Å²) in [7, 11) is 1.68. The Morgan fingerprint density at radius 2 is 2.06 bits per heavy atom. The lowest BCUT2D eigenvalue weighted by Crippen LogP contribution is -2.43. The van der Waals surface area contributed by atoms with Gasteiger partial charge < -0.3 is 10.6 Å². The number of aryl methyl sites for hydroxylation is 1. The first kappa shape index (κ1) is 14.7. The highest BCUT2D eigenvalue weighted by Gasteiger charge is 2.17. The summed E-state index contributed by atoms with van der Waals surface area (Å²) in [5.74, 6) is 0.564. The van der Waals surface area contributed by atoms with Gasteiger partial charge in [-0.15, -0.1) is 0 Å². The van der Waals surface area contributed by atoms with Gasteiger partial charge in [-0.05, 0) is 24.8 Å². The normalized spacial score (nSPS) is 12.5. The fourth-order valence-corrected chi connectivity index (χ4v) is 1.99. The lowest BCUT2D eigenvalue weighted by molar-refractivity contribution is -0.123. The van der Waals surface area contributed by atoms with Crippen molar-refractivity contribution < 1.29 is 4.79 Å². The van der Waals surface area contributed by atoms with E-state index in [0.717, 1.165) is 13.0 Å². The Morgan fingerprint density at radius 1 is 1.33 bits per heavy atom. The number of rotatable bonds is 6. The van der Waals surface area contributed by atoms with E-state index in [-0.39, 0.29) is 11.9 Å². The highest BCUT2D eigenvalue weighted by atomic mass is 16.2. The molecule has 1 amide bonds. The van der Waals surface area contributed by atoms with E-state index in [4.69, 9.17) is 0 Å². The molecule has 0 spiro atoms. The smallest absolute Gasteiger partial charge is 0.236 e. The molecule has 1 aromatic rings. The molecule has 0 fully saturated rings. The quantitative estimate of drug-likeness (QED) is 0.810. The number of nitrogens with one attached hydrogen (secondary N) is 2. The fraction of sp³-hybridized carbons (Fsp3) is 0.533. The monoisotopic (exact) mass is 248 g/mol. The van der Waals surface area contributed by atoms with Crippen LogP contribution in [-0.4, -0.2) is 19.0 Å². The lowest BCUT2D eigenvalue weighted by Gasteiger charge is -2.19. The highest BCUT2D eigenvalue weighted by molar-refractivity contribution is 5.81. The van der Waals surface area contributed by atoms with Crippen molar-refractivity contribution in [2.45, 2.75) is 39.8 Å². The van der Waals surface area contributed by atoms with Crippen LogP contribution in [0.25, 0.3) is 0 Å². The Labute approximate surface area is 110 Å². The van der Waals surface area contributed by atoms with Crippen molar-refractivity contribution in [2.24, 2.45) is 5.92 Å². The van der Waals surface area contributed by atoms with E-state index >= 15 is 0 Å². The summed E-state index contributed by atoms with van der Waals surface area (Å²) in [5, 5.41) is 6.05. The average molecular weight is 248 g/mol. The van der Waals surface area contributed by atoms with Gasteiger partial charge in [-0.1, -0.05) is 43.7 Å². The van der Waals surface area contributed by atoms with Gasteiger partial charge in [0.1, 0.15) is 0 Å². The third-order valence-electron chi connectivity index (χ3n) is 2.91. The number of hydrogen-bond acceptors (Lipinski definition) is 2. The molecule has 1 rings (SSSR count). The van der Waals surface area contributed by atoms with Crippen LogP contribution in [0, 0.1) is 12.8 Å². The third-order valence-corrected chi connectivity index (χ3v) is 2.91. The minimum Gasteiger partial charge on any atom is -0.358 e. The van der Waals surface area contributed by atoms with Gasteiger partial charge in [0.2, 0.25) is 5.91 Å². The van der Waals surface area contributed by atoms with Gasteiger partial charge in [0.05, 0.1) is 6.04 Å². The minimum atomic E-state index is -0.115. The number of carbonyl (C=O) groups excluding carboxylic acids is 1. The van der Waals surface area contributed by atoms with Crippen LogP contribution < -0.4 is 10.6 Å². The van der Waals surface area contributed by atoms with Gasteiger partial charge in [-0.3, -0.25) is 4.79 Å². The van der Waals surface area contributed by atoms with E-state index in [2.05, 4.69) is 49.6 Å². The van der Waals surface area contributed by atoms with Crippen LogP contribution in [0.3, 0.4) is 0 Å². The molecule has 3 heteroatoms. The molecular formula is C15H24N2O. The Balaban J connectivity index is 2.58. The summed E-state index contributed by atoms with van der Waals surface area (Å²) in [5.41, 5.74) is 2.46. The zero-order valence-corrected chi connectivity index (χ0v) is 11.8. The molecule has 0 bridgehead atoms. The van der Waals surface area contributed by atoms with Crippen molar-refractivity contribution in [3.8, 4) is 0 Å². The van der Waals surface area contributed by atoms with Crippen LogP contribution in [-0.2, 0) is 11.3 Å². The predicted octanol–water partition coefficient (Wildman–Crippen LogP) is 2.25. The van der Waals surface area contributed by atoms with Crippen LogP contribution >= 0.6 is 0 Å². The predicted molar refractivity (Wildman–Crippen MR) is 75.3 cm³/mol. The van der Waals surface area contributed by atoms with Crippen LogP contribution in [0.15, 0.2) is 24.3 Å². The summed E-state index contributed by atoms with van der Waals surface area (Å²) in [6, 6.07) is 8.23. The summed E-state index contributed by atoms with van der Waals surface area (Å²) in [6.07, 6.45) is 0.853. The maximum absolute atomic E-state index is 11.8. The van der Waals surface area contributed by atoms with Crippen molar-refractivity contribution in [1.29, 1.82) is 0 Å². The number of amides is 1. The van der Waals surface area contributed by atoms with Crippen LogP contribution in [0.4, 0.5) is 0 Å². The van der Waals surface area contributed by atoms with Gasteiger partial charge >= 0.3 is 0 Å². The van der Waals surface area contributed by atoms with E-state index < -0.39 is 0 Å². The van der Waals surface area contributed by atoms with Crippen molar-refractivity contribution in [1.82, 2.24) is 10.6 Å². The lowest BCUT2D eigenvalue weighted by atomic mass is 10.0. The molecule has 1 atom stereocenters. The summed E-state index contributed by atoms with van der Waals surface area (Å²) < 4.78 is 0. The Kier molecular flexibility index (Phi) is 5.86. The maximum atomic E-state index is 11.8. The second-order valence-corrected chi connectivity index (χ2v) is 5.17. The third kappa shape index (κ3) is 4.88. The molecule has 0 aliphatic rings. The molecule has 3 nitrogen and oxygen atoms in total. The molecule has 0 saturated carbocycles. The zero-order chi connectivity index (χ0) is 13.5. The summed E-state index contributed by atoms with van der Waals surface area (Å²) in [4.78, 5) is 11.8. The first-order chi connectivity index (χ1) is 8.52. The number of benzene rings is 1.